The number of rotatable bonds is 2. The molecule has 2 N–H and O–H groups in total. The molecule has 0 spiro atoms. The highest BCUT2D eigenvalue weighted by atomic mass is 35.5. The fraction of sp³-hybridized carbons (Fsp3) is 0.143. The van der Waals surface area contributed by atoms with E-state index in [4.69, 9.17) is 17.5 Å². The summed E-state index contributed by atoms with van der Waals surface area (Å²) in [5.74, 6) is 4.87. The average Bonchev–Trinajstić information content (AvgIpc) is 1.94. The second-order valence-corrected chi connectivity index (χ2v) is 2.31. The third-order valence-electron chi connectivity index (χ3n) is 1.20. The van der Waals surface area contributed by atoms with E-state index in [-0.39, 0.29) is 12.4 Å². The molecule has 0 bridgehead atoms. The molecule has 0 unspecified atom stereocenters. The normalized spacial score (nSPS) is 8.91. The van der Waals surface area contributed by atoms with Gasteiger partial charge < -0.3 is 0 Å². The summed E-state index contributed by atoms with van der Waals surface area (Å²) in [6.45, 7) is 0.361. The lowest BCUT2D eigenvalue weighted by atomic mass is 10.2. The summed E-state index contributed by atoms with van der Waals surface area (Å²) in [6.07, 6.45) is 0. The average molecular weight is 194 g/mol. The van der Waals surface area contributed by atoms with Crippen molar-refractivity contribution in [3.63, 3.8) is 0 Å². The van der Waals surface area contributed by atoms with Gasteiger partial charge in [0.25, 0.3) is 0 Å². The predicted octanol–water partition coefficient (Wildman–Crippen LogP) is 2.15. The van der Waals surface area contributed by atoms with Crippen molar-refractivity contribution >= 4 is 24.0 Å². The lowest BCUT2D eigenvalue weighted by Crippen LogP contribution is -1.98. The zero-order chi connectivity index (χ0) is 7.40. The van der Waals surface area contributed by atoms with E-state index in [1.807, 2.05) is 18.2 Å². The third kappa shape index (κ3) is 3.08. The van der Waals surface area contributed by atoms with E-state index in [1.165, 1.54) is 0 Å². The van der Waals surface area contributed by atoms with Crippen molar-refractivity contribution < 1.29 is 4.84 Å². The SMILES string of the molecule is Cl.NOCc1ccccc1Cl. The highest BCUT2D eigenvalue weighted by Gasteiger charge is 1.95. The molecule has 2 nitrogen and oxygen atoms in total. The van der Waals surface area contributed by atoms with Gasteiger partial charge in [0.15, 0.2) is 0 Å². The van der Waals surface area contributed by atoms with Gasteiger partial charge in [-0.25, -0.2) is 5.90 Å². The van der Waals surface area contributed by atoms with Crippen molar-refractivity contribution in [2.45, 2.75) is 6.61 Å². The third-order valence-corrected chi connectivity index (χ3v) is 1.57. The zero-order valence-corrected chi connectivity index (χ0v) is 7.36. The minimum atomic E-state index is 0. The molecular weight excluding hydrogens is 185 g/mol. The fourth-order valence-corrected chi connectivity index (χ4v) is 0.896. The van der Waals surface area contributed by atoms with Gasteiger partial charge in [0.2, 0.25) is 0 Å². The van der Waals surface area contributed by atoms with E-state index in [2.05, 4.69) is 4.84 Å². The molecule has 0 fully saturated rings. The summed E-state index contributed by atoms with van der Waals surface area (Å²) in [7, 11) is 0. The van der Waals surface area contributed by atoms with Crippen molar-refractivity contribution in [1.82, 2.24) is 0 Å². The summed E-state index contributed by atoms with van der Waals surface area (Å²) in [5, 5.41) is 0.688. The Kier molecular flexibility index (Phi) is 5.24. The lowest BCUT2D eigenvalue weighted by Gasteiger charge is -1.99. The molecule has 0 aromatic heterocycles. The molecule has 0 aliphatic rings. The first-order valence-corrected chi connectivity index (χ1v) is 3.27. The molecule has 0 radical (unpaired) electrons. The Morgan fingerprint density at radius 3 is 2.55 bits per heavy atom. The fourth-order valence-electron chi connectivity index (χ4n) is 0.705. The van der Waals surface area contributed by atoms with Crippen LogP contribution in [0.5, 0.6) is 0 Å². The summed E-state index contributed by atoms with van der Waals surface area (Å²) in [5.41, 5.74) is 0.909. The van der Waals surface area contributed by atoms with Gasteiger partial charge in [0.05, 0.1) is 6.61 Å². The molecule has 62 valence electrons. The smallest absolute Gasteiger partial charge is 0.0944 e. The summed E-state index contributed by atoms with van der Waals surface area (Å²) >= 11 is 5.77. The largest absolute Gasteiger partial charge is 0.300 e. The molecule has 1 aromatic carbocycles. The van der Waals surface area contributed by atoms with Crippen LogP contribution in [0.4, 0.5) is 0 Å². The minimum absolute atomic E-state index is 0. The predicted molar refractivity (Wildman–Crippen MR) is 47.7 cm³/mol. The van der Waals surface area contributed by atoms with Gasteiger partial charge in [0, 0.05) is 5.02 Å². The molecule has 0 saturated heterocycles. The lowest BCUT2D eigenvalue weighted by molar-refractivity contribution is 0.124. The first kappa shape index (κ1) is 10.7. The second kappa shape index (κ2) is 5.38. The van der Waals surface area contributed by atoms with Gasteiger partial charge >= 0.3 is 0 Å². The van der Waals surface area contributed by atoms with Crippen molar-refractivity contribution in [3.8, 4) is 0 Å². The number of benzene rings is 1. The molecule has 0 aliphatic heterocycles. The van der Waals surface area contributed by atoms with Crippen LogP contribution < -0.4 is 5.90 Å². The van der Waals surface area contributed by atoms with Crippen LogP contribution in [0.25, 0.3) is 0 Å². The maximum Gasteiger partial charge on any atom is 0.0944 e. The van der Waals surface area contributed by atoms with Crippen LogP contribution in [0.15, 0.2) is 24.3 Å². The Hall–Kier alpha value is -0.280. The maximum atomic E-state index is 5.77. The molecule has 11 heavy (non-hydrogen) atoms. The monoisotopic (exact) mass is 193 g/mol. The Balaban J connectivity index is 0.000001000. The van der Waals surface area contributed by atoms with Gasteiger partial charge in [-0.05, 0) is 11.6 Å². The Bertz CT molecular complexity index is 217. The van der Waals surface area contributed by atoms with Gasteiger partial charge in [-0.2, -0.15) is 0 Å². The maximum absolute atomic E-state index is 5.77. The van der Waals surface area contributed by atoms with E-state index < -0.39 is 0 Å². The van der Waals surface area contributed by atoms with Gasteiger partial charge in [0.1, 0.15) is 0 Å². The quantitative estimate of drug-likeness (QED) is 0.732. The first-order valence-electron chi connectivity index (χ1n) is 2.89. The molecule has 0 aliphatic carbocycles. The van der Waals surface area contributed by atoms with Crippen molar-refractivity contribution in [1.29, 1.82) is 0 Å². The van der Waals surface area contributed by atoms with Crippen molar-refractivity contribution in [2.24, 2.45) is 5.90 Å². The van der Waals surface area contributed by atoms with Gasteiger partial charge in [-0.15, -0.1) is 12.4 Å². The van der Waals surface area contributed by atoms with Crippen LogP contribution in [0, 0.1) is 0 Å². The first-order chi connectivity index (χ1) is 4.84. The Morgan fingerprint density at radius 1 is 1.36 bits per heavy atom. The van der Waals surface area contributed by atoms with E-state index in [1.54, 1.807) is 6.07 Å². The Morgan fingerprint density at radius 2 is 2.00 bits per heavy atom. The van der Waals surface area contributed by atoms with Crippen molar-refractivity contribution in [2.75, 3.05) is 0 Å². The van der Waals surface area contributed by atoms with Crippen LogP contribution in [0.1, 0.15) is 5.56 Å². The highest BCUT2D eigenvalue weighted by molar-refractivity contribution is 6.31. The summed E-state index contributed by atoms with van der Waals surface area (Å²) in [6, 6.07) is 7.42. The van der Waals surface area contributed by atoms with E-state index in [0.717, 1.165) is 5.56 Å². The Labute approximate surface area is 76.7 Å². The molecule has 0 heterocycles. The van der Waals surface area contributed by atoms with Crippen molar-refractivity contribution in [3.05, 3.63) is 34.9 Å². The summed E-state index contributed by atoms with van der Waals surface area (Å²) in [4.78, 5) is 4.42. The molecule has 0 amide bonds. The highest BCUT2D eigenvalue weighted by Crippen LogP contribution is 2.14. The minimum Gasteiger partial charge on any atom is -0.300 e. The zero-order valence-electron chi connectivity index (χ0n) is 5.79. The topological polar surface area (TPSA) is 35.2 Å². The molecule has 1 aromatic rings. The van der Waals surface area contributed by atoms with E-state index in [9.17, 15) is 0 Å². The van der Waals surface area contributed by atoms with Crippen LogP contribution in [0.3, 0.4) is 0 Å². The molecule has 1 rings (SSSR count). The van der Waals surface area contributed by atoms with Crippen LogP contribution in [-0.2, 0) is 11.4 Å². The number of halogens is 2. The molecule has 0 atom stereocenters. The van der Waals surface area contributed by atoms with Crippen LogP contribution in [0.2, 0.25) is 5.02 Å². The molecular formula is C7H9Cl2NO. The van der Waals surface area contributed by atoms with Gasteiger partial charge in [-0.1, -0.05) is 29.8 Å². The number of hydrogen-bond acceptors (Lipinski definition) is 2. The standard InChI is InChI=1S/C7H8ClNO.ClH/c8-7-4-2-1-3-6(7)5-10-9;/h1-4H,5,9H2;1H. The molecule has 0 saturated carbocycles. The van der Waals surface area contributed by atoms with Gasteiger partial charge in [-0.3, -0.25) is 4.84 Å². The van der Waals surface area contributed by atoms with E-state index in [0.29, 0.717) is 11.6 Å². The summed E-state index contributed by atoms with van der Waals surface area (Å²) < 4.78 is 0. The van der Waals surface area contributed by atoms with Crippen LogP contribution in [-0.4, -0.2) is 0 Å². The second-order valence-electron chi connectivity index (χ2n) is 1.90. The van der Waals surface area contributed by atoms with E-state index >= 15 is 0 Å². The number of hydrogen-bond donors (Lipinski definition) is 1. The number of nitrogens with two attached hydrogens (primary N) is 1. The van der Waals surface area contributed by atoms with Crippen LogP contribution >= 0.6 is 24.0 Å². The molecule has 4 heteroatoms.